The van der Waals surface area contributed by atoms with E-state index in [1.807, 2.05) is 4.72 Å². The van der Waals surface area contributed by atoms with E-state index in [1.165, 1.54) is 12.1 Å². The van der Waals surface area contributed by atoms with Crippen LogP contribution in [0.1, 0.15) is 5.56 Å². The van der Waals surface area contributed by atoms with Gasteiger partial charge in [-0.05, 0) is 35.9 Å². The van der Waals surface area contributed by atoms with E-state index < -0.39 is 26.6 Å². The Kier molecular flexibility index (Phi) is 4.46. The highest BCUT2D eigenvalue weighted by Crippen LogP contribution is 2.24. The molecule has 0 aromatic heterocycles. The average Bonchev–Trinajstić information content (AvgIpc) is 2.43. The lowest BCUT2D eigenvalue weighted by Gasteiger charge is -2.11. The third-order valence-electron chi connectivity index (χ3n) is 2.69. The van der Waals surface area contributed by atoms with Gasteiger partial charge in [-0.1, -0.05) is 17.7 Å². The third kappa shape index (κ3) is 3.49. The van der Waals surface area contributed by atoms with Crippen molar-refractivity contribution in [1.82, 2.24) is 0 Å². The maximum atomic E-state index is 13.7. The van der Waals surface area contributed by atoms with E-state index in [0.29, 0.717) is 5.56 Å². The molecule has 2 aromatic rings. The first-order chi connectivity index (χ1) is 9.83. The Hall–Kier alpha value is -1.70. The summed E-state index contributed by atoms with van der Waals surface area (Å²) in [5.74, 6) is -1.78. The van der Waals surface area contributed by atoms with Crippen LogP contribution in [0.25, 0.3) is 0 Å². The third-order valence-corrected chi connectivity index (χ3v) is 4.31. The van der Waals surface area contributed by atoms with Gasteiger partial charge in [0.15, 0.2) is 0 Å². The van der Waals surface area contributed by atoms with Crippen molar-refractivity contribution in [3.05, 3.63) is 58.6 Å². The molecule has 2 aromatic carbocycles. The minimum absolute atomic E-state index is 0.0499. The van der Waals surface area contributed by atoms with Crippen LogP contribution in [0.4, 0.5) is 14.5 Å². The summed E-state index contributed by atoms with van der Waals surface area (Å²) >= 11 is 5.68. The van der Waals surface area contributed by atoms with Gasteiger partial charge in [-0.25, -0.2) is 17.2 Å². The van der Waals surface area contributed by atoms with Crippen molar-refractivity contribution in [2.24, 2.45) is 5.73 Å². The van der Waals surface area contributed by atoms with Gasteiger partial charge in [-0.2, -0.15) is 0 Å². The maximum absolute atomic E-state index is 13.7. The lowest BCUT2D eigenvalue weighted by molar-refractivity contribution is 0.568. The number of halogens is 3. The fraction of sp³-hybridized carbons (Fsp3) is 0.0769. The predicted molar refractivity (Wildman–Crippen MR) is 76.5 cm³/mol. The molecule has 0 aliphatic carbocycles. The molecule has 0 unspecified atom stereocenters. The molecule has 4 nitrogen and oxygen atoms in total. The summed E-state index contributed by atoms with van der Waals surface area (Å²) in [6, 6.07) is 6.83. The highest BCUT2D eigenvalue weighted by molar-refractivity contribution is 7.92. The van der Waals surface area contributed by atoms with Crippen molar-refractivity contribution >= 4 is 27.3 Å². The molecule has 0 atom stereocenters. The molecule has 0 amide bonds. The van der Waals surface area contributed by atoms with E-state index in [4.69, 9.17) is 17.3 Å². The molecule has 0 spiro atoms. The lowest BCUT2D eigenvalue weighted by atomic mass is 10.2. The molecule has 0 bridgehead atoms. The Labute approximate surface area is 125 Å². The summed E-state index contributed by atoms with van der Waals surface area (Å²) in [6.07, 6.45) is 0. The number of hydrogen-bond acceptors (Lipinski definition) is 3. The first-order valence-corrected chi connectivity index (χ1v) is 7.66. The van der Waals surface area contributed by atoms with Crippen molar-refractivity contribution in [1.29, 1.82) is 0 Å². The molecule has 2 rings (SSSR count). The molecule has 3 N–H and O–H groups in total. The van der Waals surface area contributed by atoms with Crippen molar-refractivity contribution < 1.29 is 17.2 Å². The van der Waals surface area contributed by atoms with E-state index in [1.54, 1.807) is 0 Å². The molecule has 0 saturated carbocycles. The van der Waals surface area contributed by atoms with E-state index in [0.717, 1.165) is 24.3 Å². The molecule has 112 valence electrons. The second kappa shape index (κ2) is 5.97. The van der Waals surface area contributed by atoms with Gasteiger partial charge in [-0.15, -0.1) is 0 Å². The minimum Gasteiger partial charge on any atom is -0.326 e. The molecule has 0 saturated heterocycles. The molecule has 0 aliphatic heterocycles. The topological polar surface area (TPSA) is 72.2 Å². The van der Waals surface area contributed by atoms with Crippen LogP contribution in [-0.4, -0.2) is 8.42 Å². The Morgan fingerprint density at radius 1 is 1.10 bits per heavy atom. The number of rotatable bonds is 4. The van der Waals surface area contributed by atoms with Crippen molar-refractivity contribution in [3.63, 3.8) is 0 Å². The van der Waals surface area contributed by atoms with Crippen LogP contribution in [0.2, 0.25) is 5.02 Å². The Morgan fingerprint density at radius 3 is 2.43 bits per heavy atom. The molecule has 0 aliphatic rings. The van der Waals surface area contributed by atoms with Gasteiger partial charge >= 0.3 is 0 Å². The number of nitrogens with one attached hydrogen (secondary N) is 1. The normalized spacial score (nSPS) is 11.4. The largest absolute Gasteiger partial charge is 0.326 e. The standard InChI is InChI=1S/C13H11ClF2N2O2S/c14-9-2-4-10(15)12(6-9)18-21(19,20)13-5-8(7-17)1-3-11(13)16/h1-6,18H,7,17H2. The molecular formula is C13H11ClF2N2O2S. The van der Waals surface area contributed by atoms with Crippen molar-refractivity contribution in [3.8, 4) is 0 Å². The van der Waals surface area contributed by atoms with E-state index in [9.17, 15) is 17.2 Å². The molecule has 0 heterocycles. The van der Waals surface area contributed by atoms with Gasteiger partial charge in [0.05, 0.1) is 5.69 Å². The van der Waals surface area contributed by atoms with Crippen LogP contribution in [0.3, 0.4) is 0 Å². The molecule has 21 heavy (non-hydrogen) atoms. The number of anilines is 1. The minimum atomic E-state index is -4.30. The van der Waals surface area contributed by atoms with Gasteiger partial charge in [0.2, 0.25) is 0 Å². The zero-order valence-electron chi connectivity index (χ0n) is 10.6. The second-order valence-electron chi connectivity index (χ2n) is 4.20. The van der Waals surface area contributed by atoms with Crippen LogP contribution in [0.5, 0.6) is 0 Å². The fourth-order valence-corrected chi connectivity index (χ4v) is 3.02. The van der Waals surface area contributed by atoms with E-state index in [-0.39, 0.29) is 17.3 Å². The van der Waals surface area contributed by atoms with E-state index >= 15 is 0 Å². The summed E-state index contributed by atoms with van der Waals surface area (Å²) in [4.78, 5) is -0.607. The Balaban J connectivity index is 2.45. The molecule has 0 radical (unpaired) electrons. The predicted octanol–water partition coefficient (Wildman–Crippen LogP) is 2.88. The van der Waals surface area contributed by atoms with Crippen molar-refractivity contribution in [2.45, 2.75) is 11.4 Å². The first-order valence-electron chi connectivity index (χ1n) is 5.80. The molecule has 0 fully saturated rings. The van der Waals surface area contributed by atoms with Crippen molar-refractivity contribution in [2.75, 3.05) is 4.72 Å². The summed E-state index contributed by atoms with van der Waals surface area (Å²) in [5.41, 5.74) is 5.47. The van der Waals surface area contributed by atoms with E-state index in [2.05, 4.69) is 0 Å². The van der Waals surface area contributed by atoms with Crippen LogP contribution < -0.4 is 10.5 Å². The van der Waals surface area contributed by atoms with Crippen LogP contribution in [-0.2, 0) is 16.6 Å². The molecular weight excluding hydrogens is 322 g/mol. The summed E-state index contributed by atoms with van der Waals surface area (Å²) < 4.78 is 53.5. The second-order valence-corrected chi connectivity index (χ2v) is 6.29. The number of sulfonamides is 1. The highest BCUT2D eigenvalue weighted by Gasteiger charge is 2.21. The Bertz CT molecular complexity index is 782. The van der Waals surface area contributed by atoms with Gasteiger partial charge < -0.3 is 5.73 Å². The number of nitrogens with two attached hydrogens (primary N) is 1. The average molecular weight is 333 g/mol. The number of benzene rings is 2. The van der Waals surface area contributed by atoms with Crippen LogP contribution in [0, 0.1) is 11.6 Å². The zero-order valence-corrected chi connectivity index (χ0v) is 12.2. The maximum Gasteiger partial charge on any atom is 0.264 e. The fourth-order valence-electron chi connectivity index (χ4n) is 1.66. The first kappa shape index (κ1) is 15.7. The summed E-state index contributed by atoms with van der Waals surface area (Å²) in [5, 5.41) is 0.144. The summed E-state index contributed by atoms with van der Waals surface area (Å²) in [6.45, 7) is 0.0499. The smallest absolute Gasteiger partial charge is 0.264 e. The van der Waals surface area contributed by atoms with Gasteiger partial charge in [0, 0.05) is 11.6 Å². The highest BCUT2D eigenvalue weighted by atomic mass is 35.5. The SMILES string of the molecule is NCc1ccc(F)c(S(=O)(=O)Nc2cc(Cl)ccc2F)c1. The van der Waals surface area contributed by atoms with Crippen LogP contribution in [0.15, 0.2) is 41.3 Å². The monoisotopic (exact) mass is 332 g/mol. The summed E-state index contributed by atoms with van der Waals surface area (Å²) in [7, 11) is -4.30. The quantitative estimate of drug-likeness (QED) is 0.904. The lowest BCUT2D eigenvalue weighted by Crippen LogP contribution is -2.16. The van der Waals surface area contributed by atoms with Gasteiger partial charge in [-0.3, -0.25) is 4.72 Å². The van der Waals surface area contributed by atoms with Gasteiger partial charge in [0.25, 0.3) is 10.0 Å². The zero-order chi connectivity index (χ0) is 15.6. The Morgan fingerprint density at radius 2 is 1.76 bits per heavy atom. The molecule has 8 heteroatoms. The van der Waals surface area contributed by atoms with Crippen LogP contribution >= 0.6 is 11.6 Å². The van der Waals surface area contributed by atoms with Gasteiger partial charge in [0.1, 0.15) is 16.5 Å². The number of hydrogen-bond donors (Lipinski definition) is 2.